The van der Waals surface area contributed by atoms with Crippen LogP contribution in [0.3, 0.4) is 0 Å². The summed E-state index contributed by atoms with van der Waals surface area (Å²) in [4.78, 5) is 42.3. The monoisotopic (exact) mass is 594 g/mol. The molecule has 3 amide bonds. The van der Waals surface area contributed by atoms with Crippen molar-refractivity contribution in [3.8, 4) is 11.5 Å². The first kappa shape index (κ1) is 30.9. The number of urea groups is 1. The van der Waals surface area contributed by atoms with Gasteiger partial charge in [-0.1, -0.05) is 24.3 Å². The summed E-state index contributed by atoms with van der Waals surface area (Å²) in [6, 6.07) is 12.4. The summed E-state index contributed by atoms with van der Waals surface area (Å²) in [5, 5.41) is 9.33. The first-order chi connectivity index (χ1) is 20.0. The molecule has 1 aliphatic heterocycles. The second-order valence-corrected chi connectivity index (χ2v) is 12.0. The summed E-state index contributed by atoms with van der Waals surface area (Å²) in [6.45, 7) is 7.92. The van der Waals surface area contributed by atoms with E-state index in [0.29, 0.717) is 61.3 Å². The van der Waals surface area contributed by atoms with Crippen LogP contribution in [0.15, 0.2) is 53.2 Å². The quantitative estimate of drug-likeness (QED) is 0.282. The zero-order chi connectivity index (χ0) is 30.3. The predicted molar refractivity (Wildman–Crippen MR) is 164 cm³/mol. The molecule has 2 aromatic carbocycles. The number of anilines is 2. The van der Waals surface area contributed by atoms with Gasteiger partial charge in [-0.05, 0) is 63.5 Å². The van der Waals surface area contributed by atoms with Crippen LogP contribution in [0.4, 0.5) is 21.0 Å². The fraction of sp³-hybridized carbons (Fsp3) is 0.387. The predicted octanol–water partition coefficient (Wildman–Crippen LogP) is 5.89. The van der Waals surface area contributed by atoms with Gasteiger partial charge in [0, 0.05) is 48.8 Å². The highest BCUT2D eigenvalue weighted by atomic mass is 32.1. The fourth-order valence-corrected chi connectivity index (χ4v) is 4.96. The van der Waals surface area contributed by atoms with Crippen molar-refractivity contribution in [3.05, 3.63) is 69.9 Å². The highest BCUT2D eigenvalue weighted by molar-refractivity contribution is 7.08. The number of nitrogens with one attached hydrogen (secondary N) is 2. The lowest BCUT2D eigenvalue weighted by molar-refractivity contribution is 0.0635. The molecule has 0 unspecified atom stereocenters. The first-order valence-corrected chi connectivity index (χ1v) is 14.7. The van der Waals surface area contributed by atoms with E-state index in [9.17, 15) is 14.4 Å². The van der Waals surface area contributed by atoms with Crippen molar-refractivity contribution in [2.45, 2.75) is 39.3 Å². The zero-order valence-corrected chi connectivity index (χ0v) is 25.5. The summed E-state index contributed by atoms with van der Waals surface area (Å²) < 4.78 is 16.5. The fourth-order valence-electron chi connectivity index (χ4n) is 4.17. The van der Waals surface area contributed by atoms with Gasteiger partial charge in [0.05, 0.1) is 5.69 Å². The summed E-state index contributed by atoms with van der Waals surface area (Å²) in [5.74, 6) is 1.19. The maximum atomic E-state index is 13.3. The number of Topliss-reactive ketones (excluding diaryl/α,β-unsaturated/α-hetero) is 1. The lowest BCUT2D eigenvalue weighted by Gasteiger charge is -2.25. The van der Waals surface area contributed by atoms with Gasteiger partial charge in [-0.2, -0.15) is 0 Å². The molecule has 0 radical (unpaired) electrons. The molecule has 1 aliphatic rings. The van der Waals surface area contributed by atoms with Crippen LogP contribution in [-0.2, 0) is 17.7 Å². The number of benzene rings is 2. The number of carbonyl (C=O) groups excluding carboxylic acids is 3. The van der Waals surface area contributed by atoms with Crippen LogP contribution >= 0.6 is 11.3 Å². The first-order valence-electron chi connectivity index (χ1n) is 13.7. The maximum Gasteiger partial charge on any atom is 0.412 e. The molecule has 0 spiro atoms. The number of nitrogens with zero attached hydrogens (tertiary/aromatic N) is 2. The maximum absolute atomic E-state index is 13.3. The van der Waals surface area contributed by atoms with Crippen molar-refractivity contribution in [3.63, 3.8) is 0 Å². The van der Waals surface area contributed by atoms with Gasteiger partial charge in [0.25, 0.3) is 0 Å². The molecule has 0 atom stereocenters. The topological polar surface area (TPSA) is 109 Å². The molecule has 224 valence electrons. The van der Waals surface area contributed by atoms with Crippen molar-refractivity contribution >= 4 is 40.6 Å². The molecule has 11 heteroatoms. The SMILES string of the molecule is CN(C)CCN(Cc1ccc(C(=O)Cc2cscc2NC(=O)OC(C)(C)C)cc1)C(=O)Nc1ccc2c(c1)OCCO2. The lowest BCUT2D eigenvalue weighted by Crippen LogP contribution is -2.39. The molecule has 0 bridgehead atoms. The Morgan fingerprint density at radius 1 is 0.929 bits per heavy atom. The molecule has 4 rings (SSSR count). The third kappa shape index (κ3) is 8.95. The normalized spacial score (nSPS) is 12.5. The van der Waals surface area contributed by atoms with Gasteiger partial charge in [0.2, 0.25) is 0 Å². The van der Waals surface area contributed by atoms with Crippen molar-refractivity contribution in [1.82, 2.24) is 9.80 Å². The molecule has 2 N–H and O–H groups in total. The number of ketones is 1. The second-order valence-electron chi connectivity index (χ2n) is 11.2. The van der Waals surface area contributed by atoms with E-state index in [4.69, 9.17) is 14.2 Å². The van der Waals surface area contributed by atoms with Gasteiger partial charge < -0.3 is 29.3 Å². The zero-order valence-electron chi connectivity index (χ0n) is 24.7. The number of ether oxygens (including phenoxy) is 3. The Labute approximate surface area is 250 Å². The molecule has 1 aromatic heterocycles. The second kappa shape index (κ2) is 13.7. The highest BCUT2D eigenvalue weighted by Crippen LogP contribution is 2.32. The number of fused-ring (bicyclic) bond motifs is 1. The third-order valence-electron chi connectivity index (χ3n) is 6.28. The van der Waals surface area contributed by atoms with Crippen LogP contribution in [0.5, 0.6) is 11.5 Å². The molecule has 3 aromatic rings. The minimum Gasteiger partial charge on any atom is -0.486 e. The average Bonchev–Trinajstić information content (AvgIpc) is 3.35. The van der Waals surface area contributed by atoms with Crippen LogP contribution in [0.2, 0.25) is 0 Å². The summed E-state index contributed by atoms with van der Waals surface area (Å²) in [7, 11) is 3.92. The Morgan fingerprint density at radius 3 is 2.33 bits per heavy atom. The minimum atomic E-state index is -0.619. The summed E-state index contributed by atoms with van der Waals surface area (Å²) in [5.41, 5.74) is 2.74. The Hall–Kier alpha value is -4.09. The number of amides is 3. The van der Waals surface area contributed by atoms with Gasteiger partial charge in [0.15, 0.2) is 17.3 Å². The van der Waals surface area contributed by atoms with Gasteiger partial charge in [-0.15, -0.1) is 11.3 Å². The van der Waals surface area contributed by atoms with Crippen molar-refractivity contribution in [2.24, 2.45) is 0 Å². The molecule has 0 saturated carbocycles. The number of carbonyl (C=O) groups is 3. The molecular formula is C31H38N4O6S. The molecule has 10 nitrogen and oxygen atoms in total. The Morgan fingerprint density at radius 2 is 1.64 bits per heavy atom. The van der Waals surface area contributed by atoms with Gasteiger partial charge in [-0.25, -0.2) is 9.59 Å². The van der Waals surface area contributed by atoms with E-state index in [-0.39, 0.29) is 18.2 Å². The van der Waals surface area contributed by atoms with E-state index < -0.39 is 11.7 Å². The van der Waals surface area contributed by atoms with Crippen molar-refractivity contribution < 1.29 is 28.6 Å². The van der Waals surface area contributed by atoms with Crippen LogP contribution in [0.25, 0.3) is 0 Å². The van der Waals surface area contributed by atoms with Gasteiger partial charge in [0.1, 0.15) is 18.8 Å². The molecule has 2 heterocycles. The Kier molecular flexibility index (Phi) is 10.1. The molecule has 42 heavy (non-hydrogen) atoms. The van der Waals surface area contributed by atoms with Crippen LogP contribution in [0, 0.1) is 0 Å². The van der Waals surface area contributed by atoms with E-state index in [1.807, 2.05) is 36.5 Å². The number of likely N-dealkylation sites (N-methyl/N-ethyl adjacent to an activating group) is 1. The smallest absolute Gasteiger partial charge is 0.412 e. The molecule has 0 saturated heterocycles. The molecule has 0 fully saturated rings. The minimum absolute atomic E-state index is 0.0759. The van der Waals surface area contributed by atoms with E-state index in [1.165, 1.54) is 11.3 Å². The van der Waals surface area contributed by atoms with E-state index in [2.05, 4.69) is 10.6 Å². The van der Waals surface area contributed by atoms with Gasteiger partial charge in [-0.3, -0.25) is 10.1 Å². The Balaban J connectivity index is 1.38. The van der Waals surface area contributed by atoms with Crippen molar-refractivity contribution in [1.29, 1.82) is 0 Å². The lowest BCUT2D eigenvalue weighted by atomic mass is 10.0. The number of thiophene rings is 1. The average molecular weight is 595 g/mol. The third-order valence-corrected chi connectivity index (χ3v) is 7.07. The van der Waals surface area contributed by atoms with Gasteiger partial charge >= 0.3 is 12.1 Å². The molecule has 0 aliphatic carbocycles. The van der Waals surface area contributed by atoms with E-state index >= 15 is 0 Å². The summed E-state index contributed by atoms with van der Waals surface area (Å²) >= 11 is 1.41. The van der Waals surface area contributed by atoms with Crippen molar-refractivity contribution in [2.75, 3.05) is 51.0 Å². The standard InChI is InChI=1S/C31H38N4O6S/c1-31(2,3)41-30(38)33-25-20-42-19-23(25)16-26(36)22-8-6-21(7-9-22)18-35(13-12-34(4)5)29(37)32-24-10-11-27-28(17-24)40-15-14-39-27/h6-11,17,19-20H,12-16,18H2,1-5H3,(H,32,37)(H,33,38). The van der Waals surface area contributed by atoms with Crippen LogP contribution in [-0.4, -0.2) is 73.7 Å². The van der Waals surface area contributed by atoms with Crippen LogP contribution in [0.1, 0.15) is 42.3 Å². The number of hydrogen-bond donors (Lipinski definition) is 2. The molecular weight excluding hydrogens is 556 g/mol. The summed E-state index contributed by atoms with van der Waals surface area (Å²) in [6.07, 6.45) is -0.420. The van der Waals surface area contributed by atoms with E-state index in [1.54, 1.807) is 61.4 Å². The number of hydrogen-bond acceptors (Lipinski definition) is 8. The Bertz CT molecular complexity index is 1400. The highest BCUT2D eigenvalue weighted by Gasteiger charge is 2.20. The number of rotatable bonds is 10. The van der Waals surface area contributed by atoms with Crippen LogP contribution < -0.4 is 20.1 Å². The van der Waals surface area contributed by atoms with E-state index in [0.717, 1.165) is 11.1 Å². The largest absolute Gasteiger partial charge is 0.486 e.